The lowest BCUT2D eigenvalue weighted by atomic mass is 10.1. The van der Waals surface area contributed by atoms with Gasteiger partial charge in [-0.25, -0.2) is 0 Å². The number of carbonyl (C=O) groups excluding carboxylic acids is 2. The molecule has 0 bridgehead atoms. The third-order valence-corrected chi connectivity index (χ3v) is 4.18. The zero-order chi connectivity index (χ0) is 19.7. The number of nitrogens with one attached hydrogen (secondary N) is 1. The summed E-state index contributed by atoms with van der Waals surface area (Å²) >= 11 is 0. The third-order valence-electron chi connectivity index (χ3n) is 3.32. The molecule has 0 unspecified atom stereocenters. The Balaban J connectivity index is 2.43. The van der Waals surface area contributed by atoms with Crippen LogP contribution < -0.4 is 24.6 Å². The van der Waals surface area contributed by atoms with Gasteiger partial charge in [0.15, 0.2) is 11.5 Å². The number of hydrogen-bond donors (Lipinski definition) is 1. The van der Waals surface area contributed by atoms with Crippen molar-refractivity contribution in [3.05, 3.63) is 29.0 Å². The average molecular weight is 387 g/mol. The predicted molar refractivity (Wildman–Crippen MR) is 88.4 cm³/mol. The van der Waals surface area contributed by atoms with Gasteiger partial charge in [-0.05, 0) is 30.3 Å². The van der Waals surface area contributed by atoms with Crippen LogP contribution in [-0.4, -0.2) is 50.3 Å². The molecule has 0 atom stereocenters. The Morgan fingerprint density at radius 3 is 2.42 bits per heavy atom. The third kappa shape index (κ3) is 7.83. The van der Waals surface area contributed by atoms with Crippen LogP contribution in [0.1, 0.15) is 12.0 Å². The fourth-order valence-electron chi connectivity index (χ4n) is 2.03. The molecule has 0 saturated heterocycles. The standard InChI is InChI=1S/C15H22N2O8P/c1-24-12-5-4-11(8-13(12)25-2)9-14(18)16-10-15(19)17(20)6-3-7-26(21,22)23/h4-5,8H,3,6-7,9-10H2,1-2H3,(H,16,18)(H2,21,22,23)/q-1/p-2. The van der Waals surface area contributed by atoms with E-state index >= 15 is 0 Å². The Bertz CT molecular complexity index is 676. The lowest BCUT2D eigenvalue weighted by Crippen LogP contribution is -2.38. The van der Waals surface area contributed by atoms with Crippen molar-refractivity contribution in [3.8, 4) is 11.5 Å². The molecule has 1 aromatic carbocycles. The van der Waals surface area contributed by atoms with Gasteiger partial charge >= 0.3 is 0 Å². The molecular weight excluding hydrogens is 367 g/mol. The highest BCUT2D eigenvalue weighted by molar-refractivity contribution is 7.48. The summed E-state index contributed by atoms with van der Waals surface area (Å²) in [6, 6.07) is 4.91. The maximum absolute atomic E-state index is 11.9. The van der Waals surface area contributed by atoms with Crippen molar-refractivity contribution in [1.82, 2.24) is 10.4 Å². The average Bonchev–Trinajstić information content (AvgIpc) is 2.58. The van der Waals surface area contributed by atoms with E-state index in [2.05, 4.69) is 5.32 Å². The van der Waals surface area contributed by atoms with E-state index in [1.807, 2.05) is 0 Å². The highest BCUT2D eigenvalue weighted by Crippen LogP contribution is 2.27. The SMILES string of the molecule is COc1ccc(CC(=O)NCC(=O)N([O-])CCCP(=O)([O-])[O-])cc1OC. The van der Waals surface area contributed by atoms with Crippen molar-refractivity contribution >= 4 is 19.4 Å². The molecule has 1 aromatic rings. The molecule has 1 N–H and O–H groups in total. The summed E-state index contributed by atoms with van der Waals surface area (Å²) in [5.74, 6) is -0.455. The molecule has 10 nitrogen and oxygen atoms in total. The van der Waals surface area contributed by atoms with E-state index in [-0.39, 0.29) is 17.9 Å². The minimum atomic E-state index is -4.70. The van der Waals surface area contributed by atoms with E-state index in [4.69, 9.17) is 9.47 Å². The van der Waals surface area contributed by atoms with Gasteiger partial charge in [-0.3, -0.25) is 9.59 Å². The second-order valence-electron chi connectivity index (χ2n) is 5.33. The van der Waals surface area contributed by atoms with Crippen molar-refractivity contribution in [2.24, 2.45) is 0 Å². The summed E-state index contributed by atoms with van der Waals surface area (Å²) in [7, 11) is -1.76. The van der Waals surface area contributed by atoms with Crippen LogP contribution in [-0.2, 0) is 20.6 Å². The van der Waals surface area contributed by atoms with Crippen molar-refractivity contribution in [1.29, 1.82) is 0 Å². The number of methoxy groups -OCH3 is 2. The second kappa shape index (κ2) is 10.1. The van der Waals surface area contributed by atoms with Gasteiger partial charge in [0.2, 0.25) is 11.8 Å². The minimum absolute atomic E-state index is 0.0202. The van der Waals surface area contributed by atoms with Crippen LogP contribution in [0, 0.1) is 5.21 Å². The van der Waals surface area contributed by atoms with E-state index in [0.29, 0.717) is 17.1 Å². The zero-order valence-electron chi connectivity index (χ0n) is 14.4. The monoisotopic (exact) mass is 387 g/mol. The van der Waals surface area contributed by atoms with E-state index in [0.717, 1.165) is 0 Å². The fraction of sp³-hybridized carbons (Fsp3) is 0.467. The summed E-state index contributed by atoms with van der Waals surface area (Å²) in [6.07, 6.45) is -0.994. The molecule has 2 amide bonds. The number of benzene rings is 1. The van der Waals surface area contributed by atoms with Gasteiger partial charge in [0.05, 0.1) is 27.2 Å². The van der Waals surface area contributed by atoms with Crippen LogP contribution in [0.5, 0.6) is 11.5 Å². The van der Waals surface area contributed by atoms with E-state index in [9.17, 15) is 29.1 Å². The highest BCUT2D eigenvalue weighted by Gasteiger charge is 2.10. The lowest BCUT2D eigenvalue weighted by Gasteiger charge is -2.33. The number of hydrogen-bond acceptors (Lipinski definition) is 8. The number of hydroxylamine groups is 2. The topological polar surface area (TPSA) is 154 Å². The van der Waals surface area contributed by atoms with Crippen molar-refractivity contribution in [2.75, 3.05) is 33.5 Å². The molecule has 0 spiro atoms. The normalized spacial score (nSPS) is 11.0. The smallest absolute Gasteiger partial charge is 0.231 e. The molecule has 0 aliphatic heterocycles. The molecule has 0 heterocycles. The van der Waals surface area contributed by atoms with Gasteiger partial charge in [0.25, 0.3) is 0 Å². The zero-order valence-corrected chi connectivity index (χ0v) is 15.3. The van der Waals surface area contributed by atoms with Crippen molar-refractivity contribution in [2.45, 2.75) is 12.8 Å². The molecule has 11 heteroatoms. The fourth-order valence-corrected chi connectivity index (χ4v) is 2.56. The molecule has 1 rings (SSSR count). The Hall–Kier alpha value is -2.13. The van der Waals surface area contributed by atoms with Crippen LogP contribution in [0.25, 0.3) is 0 Å². The number of carbonyl (C=O) groups is 2. The van der Waals surface area contributed by atoms with Gasteiger partial charge < -0.3 is 39.4 Å². The van der Waals surface area contributed by atoms with E-state index in [1.54, 1.807) is 18.2 Å². The second-order valence-corrected chi connectivity index (χ2v) is 7.00. The maximum atomic E-state index is 11.9. The van der Waals surface area contributed by atoms with Crippen molar-refractivity contribution in [3.63, 3.8) is 0 Å². The lowest BCUT2D eigenvalue weighted by molar-refractivity contribution is -0.313. The van der Waals surface area contributed by atoms with Gasteiger partial charge in [0.1, 0.15) is 0 Å². The molecule has 0 saturated carbocycles. The summed E-state index contributed by atoms with van der Waals surface area (Å²) in [5.41, 5.74) is 0.619. The summed E-state index contributed by atoms with van der Waals surface area (Å²) < 4.78 is 20.7. The van der Waals surface area contributed by atoms with Crippen LogP contribution in [0.3, 0.4) is 0 Å². The first-order chi connectivity index (χ1) is 12.2. The Labute approximate surface area is 150 Å². The van der Waals surface area contributed by atoms with Gasteiger partial charge in [0, 0.05) is 6.54 Å². The predicted octanol–water partition coefficient (Wildman–Crippen LogP) is -1.01. The Kier molecular flexibility index (Phi) is 8.53. The first-order valence-corrected chi connectivity index (χ1v) is 9.35. The summed E-state index contributed by atoms with van der Waals surface area (Å²) in [4.78, 5) is 44.3. The van der Waals surface area contributed by atoms with Crippen LogP contribution >= 0.6 is 7.60 Å². The molecular formula is C15H20N2O8P-3. The molecule has 146 valence electrons. The van der Waals surface area contributed by atoms with E-state index < -0.39 is 38.7 Å². The summed E-state index contributed by atoms with van der Waals surface area (Å²) in [6.45, 7) is -0.957. The molecule has 0 aromatic heterocycles. The van der Waals surface area contributed by atoms with Crippen LogP contribution in [0.2, 0.25) is 0 Å². The molecule has 0 aliphatic carbocycles. The molecule has 0 radical (unpaired) electrons. The Morgan fingerprint density at radius 1 is 1.19 bits per heavy atom. The van der Waals surface area contributed by atoms with Crippen LogP contribution in [0.15, 0.2) is 18.2 Å². The van der Waals surface area contributed by atoms with Crippen LogP contribution in [0.4, 0.5) is 0 Å². The minimum Gasteiger partial charge on any atom is -0.811 e. The quantitative estimate of drug-likeness (QED) is 0.396. The largest absolute Gasteiger partial charge is 0.811 e. The summed E-state index contributed by atoms with van der Waals surface area (Å²) in [5, 5.41) is 13.8. The molecule has 0 fully saturated rings. The van der Waals surface area contributed by atoms with Gasteiger partial charge in [-0.15, -0.1) is 0 Å². The van der Waals surface area contributed by atoms with E-state index in [1.165, 1.54) is 14.2 Å². The highest BCUT2D eigenvalue weighted by atomic mass is 31.2. The first kappa shape index (κ1) is 21.9. The molecule has 0 aliphatic rings. The first-order valence-electron chi connectivity index (χ1n) is 7.62. The Morgan fingerprint density at radius 2 is 1.85 bits per heavy atom. The number of nitrogens with zero attached hydrogens (tertiary/aromatic N) is 1. The van der Waals surface area contributed by atoms with Crippen molar-refractivity contribution < 1.29 is 33.4 Å². The number of amides is 2. The van der Waals surface area contributed by atoms with Gasteiger partial charge in [-0.1, -0.05) is 13.7 Å². The maximum Gasteiger partial charge on any atom is 0.231 e. The number of ether oxygens (including phenoxy) is 2. The number of rotatable bonds is 10. The van der Waals surface area contributed by atoms with Gasteiger partial charge in [-0.2, -0.15) is 0 Å². The molecule has 26 heavy (non-hydrogen) atoms.